The maximum Gasteiger partial charge on any atom is 0.336 e. The summed E-state index contributed by atoms with van der Waals surface area (Å²) < 4.78 is 5.41. The van der Waals surface area contributed by atoms with Crippen molar-refractivity contribution >= 4 is 41.5 Å². The number of hydrazine groups is 1. The Balaban J connectivity index is 1.28. The van der Waals surface area contributed by atoms with Crippen LogP contribution in [0, 0.1) is 0 Å². The summed E-state index contributed by atoms with van der Waals surface area (Å²) in [7, 11) is 0. The van der Waals surface area contributed by atoms with Gasteiger partial charge in [0.2, 0.25) is 0 Å². The first-order valence-electron chi connectivity index (χ1n) is 12.3. The number of anilines is 1. The molecule has 3 amide bonds. The first kappa shape index (κ1) is 27.3. The van der Waals surface area contributed by atoms with Crippen molar-refractivity contribution in [2.45, 2.75) is 0 Å². The predicted octanol–water partition coefficient (Wildman–Crippen LogP) is 5.03. The van der Waals surface area contributed by atoms with Crippen LogP contribution in [0.1, 0.15) is 31.8 Å². The second-order valence-corrected chi connectivity index (χ2v) is 8.38. The Bertz CT molecular complexity index is 1550. The fourth-order valence-electron chi connectivity index (χ4n) is 3.48. The van der Waals surface area contributed by atoms with Crippen LogP contribution in [0.2, 0.25) is 0 Å². The van der Waals surface area contributed by atoms with Crippen LogP contribution in [0.5, 0.6) is 5.75 Å². The average molecular weight is 532 g/mol. The van der Waals surface area contributed by atoms with Crippen molar-refractivity contribution in [3.63, 3.8) is 0 Å². The van der Waals surface area contributed by atoms with Gasteiger partial charge in [-0.25, -0.2) is 4.79 Å². The van der Waals surface area contributed by atoms with Crippen molar-refractivity contribution in [3.05, 3.63) is 144 Å². The Labute approximate surface area is 231 Å². The Morgan fingerprint density at radius 3 is 1.93 bits per heavy atom. The molecule has 8 heteroatoms. The molecule has 0 atom stereocenters. The number of carbonyl (C=O) groups excluding carboxylic acids is 4. The van der Waals surface area contributed by atoms with E-state index in [1.54, 1.807) is 66.7 Å². The van der Waals surface area contributed by atoms with Crippen LogP contribution in [-0.4, -0.2) is 23.7 Å². The van der Waals surface area contributed by atoms with E-state index in [1.165, 1.54) is 30.4 Å². The fourth-order valence-corrected chi connectivity index (χ4v) is 3.48. The lowest BCUT2D eigenvalue weighted by Crippen LogP contribution is -2.40. The monoisotopic (exact) mass is 531 g/mol. The molecule has 0 saturated carbocycles. The number of rotatable bonds is 8. The number of esters is 1. The quantitative estimate of drug-likeness (QED) is 0.128. The zero-order valence-electron chi connectivity index (χ0n) is 21.2. The highest BCUT2D eigenvalue weighted by molar-refractivity contribution is 6.04. The van der Waals surface area contributed by atoms with Crippen molar-refractivity contribution in [1.82, 2.24) is 10.9 Å². The molecule has 0 aliphatic heterocycles. The Hall–Kier alpha value is -5.76. The van der Waals surface area contributed by atoms with Gasteiger partial charge in [0.15, 0.2) is 0 Å². The van der Waals surface area contributed by atoms with E-state index < -0.39 is 17.8 Å². The summed E-state index contributed by atoms with van der Waals surface area (Å²) >= 11 is 0. The van der Waals surface area contributed by atoms with Crippen LogP contribution in [0.3, 0.4) is 0 Å². The van der Waals surface area contributed by atoms with Gasteiger partial charge < -0.3 is 10.1 Å². The molecule has 4 aromatic carbocycles. The maximum absolute atomic E-state index is 12.4. The van der Waals surface area contributed by atoms with Crippen molar-refractivity contribution < 1.29 is 23.9 Å². The first-order chi connectivity index (χ1) is 19.5. The highest BCUT2D eigenvalue weighted by Gasteiger charge is 2.09. The molecule has 4 rings (SSSR count). The van der Waals surface area contributed by atoms with Crippen molar-refractivity contribution in [2.75, 3.05) is 5.32 Å². The molecule has 0 bridgehead atoms. The number of nitrogens with one attached hydrogen (secondary N) is 3. The van der Waals surface area contributed by atoms with Crippen molar-refractivity contribution in [3.8, 4) is 5.75 Å². The molecular weight excluding hydrogens is 506 g/mol. The fraction of sp³-hybridized carbons (Fsp3) is 0. The van der Waals surface area contributed by atoms with Crippen LogP contribution < -0.4 is 20.9 Å². The van der Waals surface area contributed by atoms with E-state index in [0.717, 1.165) is 5.56 Å². The Kier molecular flexibility index (Phi) is 9.34. The van der Waals surface area contributed by atoms with Crippen LogP contribution in [-0.2, 0) is 9.59 Å². The third-order valence-corrected chi connectivity index (χ3v) is 5.50. The van der Waals surface area contributed by atoms with Crippen molar-refractivity contribution in [1.29, 1.82) is 0 Å². The molecule has 0 heterocycles. The van der Waals surface area contributed by atoms with E-state index in [9.17, 15) is 19.2 Å². The summed E-state index contributed by atoms with van der Waals surface area (Å²) in [5.41, 5.74) is 7.31. The lowest BCUT2D eigenvalue weighted by molar-refractivity contribution is -0.128. The van der Waals surface area contributed by atoms with Gasteiger partial charge in [-0.3, -0.25) is 25.2 Å². The molecule has 3 N–H and O–H groups in total. The predicted molar refractivity (Wildman–Crippen MR) is 153 cm³/mol. The summed E-state index contributed by atoms with van der Waals surface area (Å²) in [6, 6.07) is 31.1. The number of benzene rings is 4. The van der Waals surface area contributed by atoms with E-state index in [0.29, 0.717) is 16.8 Å². The largest absolute Gasteiger partial charge is 0.423 e. The van der Waals surface area contributed by atoms with Crippen LogP contribution in [0.15, 0.2) is 121 Å². The smallest absolute Gasteiger partial charge is 0.336 e. The van der Waals surface area contributed by atoms with Gasteiger partial charge >= 0.3 is 5.97 Å². The second kappa shape index (κ2) is 13.7. The van der Waals surface area contributed by atoms with Gasteiger partial charge in [-0.15, -0.1) is 0 Å². The van der Waals surface area contributed by atoms with E-state index in [2.05, 4.69) is 16.2 Å². The molecule has 0 fully saturated rings. The molecule has 40 heavy (non-hydrogen) atoms. The van der Waals surface area contributed by atoms with Gasteiger partial charge in [-0.05, 0) is 60.2 Å². The molecule has 0 saturated heterocycles. The molecule has 198 valence electrons. The minimum Gasteiger partial charge on any atom is -0.423 e. The first-order valence-corrected chi connectivity index (χ1v) is 12.3. The summed E-state index contributed by atoms with van der Waals surface area (Å²) in [5, 5.41) is 2.75. The minimum atomic E-state index is -0.592. The summed E-state index contributed by atoms with van der Waals surface area (Å²) in [5.74, 6) is -1.69. The Morgan fingerprint density at radius 2 is 1.20 bits per heavy atom. The van der Waals surface area contributed by atoms with Crippen LogP contribution in [0.25, 0.3) is 12.2 Å². The molecular formula is C32H25N3O5. The van der Waals surface area contributed by atoms with E-state index >= 15 is 0 Å². The molecule has 0 aromatic heterocycles. The normalized spacial score (nSPS) is 10.7. The van der Waals surface area contributed by atoms with Gasteiger partial charge in [0.05, 0.1) is 0 Å². The van der Waals surface area contributed by atoms with Gasteiger partial charge in [0, 0.05) is 34.5 Å². The molecule has 4 aromatic rings. The third-order valence-electron chi connectivity index (χ3n) is 5.50. The Morgan fingerprint density at radius 1 is 0.575 bits per heavy atom. The zero-order valence-corrected chi connectivity index (χ0v) is 21.2. The van der Waals surface area contributed by atoms with Gasteiger partial charge in [0.25, 0.3) is 17.7 Å². The molecule has 0 spiro atoms. The lowest BCUT2D eigenvalue weighted by atomic mass is 10.1. The molecule has 0 aliphatic carbocycles. The highest BCUT2D eigenvalue weighted by Crippen LogP contribution is 2.20. The molecule has 0 aliphatic rings. The second-order valence-electron chi connectivity index (χ2n) is 8.38. The van der Waals surface area contributed by atoms with Gasteiger partial charge in [-0.1, -0.05) is 66.7 Å². The number of para-hydroxylation sites is 1. The van der Waals surface area contributed by atoms with Crippen LogP contribution in [0.4, 0.5) is 5.69 Å². The average Bonchev–Trinajstić information content (AvgIpc) is 2.99. The maximum atomic E-state index is 12.4. The number of ether oxygens (including phenoxy) is 1. The van der Waals surface area contributed by atoms with E-state index in [4.69, 9.17) is 4.74 Å². The minimum absolute atomic E-state index is 0.267. The van der Waals surface area contributed by atoms with Gasteiger partial charge in [0.1, 0.15) is 5.75 Å². The zero-order chi connectivity index (χ0) is 28.2. The number of amides is 3. The molecule has 0 radical (unpaired) electrons. The topological polar surface area (TPSA) is 114 Å². The SMILES string of the molecule is O=C(/C=C/c1ccccc1OC(=O)/C=C/c1ccccc1)NNC(=O)c1ccc(NC(=O)c2ccccc2)cc1. The van der Waals surface area contributed by atoms with Gasteiger partial charge in [-0.2, -0.15) is 0 Å². The number of hydrogen-bond donors (Lipinski definition) is 3. The number of carbonyl (C=O) groups is 4. The summed E-state index contributed by atoms with van der Waals surface area (Å²) in [4.78, 5) is 49.2. The van der Waals surface area contributed by atoms with Crippen molar-refractivity contribution in [2.24, 2.45) is 0 Å². The standard InChI is InChI=1S/C32H25N3O5/c36-29(21-18-24-11-7-8-14-28(24)40-30(37)22-15-23-9-3-1-4-10-23)34-35-32(39)26-16-19-27(20-17-26)33-31(38)25-12-5-2-6-13-25/h1-22H,(H,33,38)(H,34,36)(H,35,39)/b21-18+,22-15+. The lowest BCUT2D eigenvalue weighted by Gasteiger charge is -2.08. The van der Waals surface area contributed by atoms with E-state index in [-0.39, 0.29) is 17.2 Å². The van der Waals surface area contributed by atoms with Crippen LogP contribution >= 0.6 is 0 Å². The molecule has 0 unspecified atom stereocenters. The summed E-state index contributed by atoms with van der Waals surface area (Å²) in [6.07, 6.45) is 5.64. The highest BCUT2D eigenvalue weighted by atomic mass is 16.5. The summed E-state index contributed by atoms with van der Waals surface area (Å²) in [6.45, 7) is 0. The van der Waals surface area contributed by atoms with E-state index in [1.807, 2.05) is 36.4 Å². The number of hydrogen-bond acceptors (Lipinski definition) is 5. The molecule has 8 nitrogen and oxygen atoms in total. The third kappa shape index (κ3) is 8.12.